The molecule has 0 bridgehead atoms. The van der Waals surface area contributed by atoms with Crippen LogP contribution >= 0.6 is 0 Å². The lowest BCUT2D eigenvalue weighted by atomic mass is 10.0. The fraction of sp³-hybridized carbons (Fsp3) is 0.286. The third kappa shape index (κ3) is 3.59. The van der Waals surface area contributed by atoms with Crippen molar-refractivity contribution in [1.82, 2.24) is 30.3 Å². The summed E-state index contributed by atoms with van der Waals surface area (Å²) in [6, 6.07) is 4.96. The van der Waals surface area contributed by atoms with Gasteiger partial charge >= 0.3 is 0 Å². The monoisotopic (exact) mass is 425 g/mol. The number of hydrazine groups is 1. The molecular weight excluding hydrogens is 404 g/mol. The van der Waals surface area contributed by atoms with Gasteiger partial charge < -0.3 is 15.2 Å². The number of fused-ring (bicyclic) bond motifs is 1. The number of benzene rings is 1. The van der Waals surface area contributed by atoms with Gasteiger partial charge in [-0.2, -0.15) is 5.10 Å². The molecule has 0 radical (unpaired) electrons. The first-order chi connectivity index (χ1) is 15.0. The zero-order valence-corrected chi connectivity index (χ0v) is 16.8. The van der Waals surface area contributed by atoms with Crippen LogP contribution in [0.15, 0.2) is 48.9 Å². The summed E-state index contributed by atoms with van der Waals surface area (Å²) in [6.45, 7) is 0.655. The van der Waals surface area contributed by atoms with E-state index in [-0.39, 0.29) is 18.1 Å². The van der Waals surface area contributed by atoms with E-state index < -0.39 is 11.6 Å². The van der Waals surface area contributed by atoms with E-state index in [0.29, 0.717) is 35.6 Å². The van der Waals surface area contributed by atoms with Crippen LogP contribution in [0.5, 0.6) is 0 Å². The molecule has 1 fully saturated rings. The van der Waals surface area contributed by atoms with E-state index >= 15 is 0 Å². The summed E-state index contributed by atoms with van der Waals surface area (Å²) in [5, 5.41) is 8.83. The number of carbonyl (C=O) groups is 1. The van der Waals surface area contributed by atoms with Gasteiger partial charge in [-0.15, -0.1) is 0 Å². The van der Waals surface area contributed by atoms with E-state index in [1.165, 1.54) is 16.8 Å². The predicted molar refractivity (Wildman–Crippen MR) is 110 cm³/mol. The molecule has 5 rings (SSSR count). The number of carbonyl (C=O) groups excluding carboxylic acids is 1. The molecule has 0 aliphatic carbocycles. The van der Waals surface area contributed by atoms with Crippen molar-refractivity contribution in [2.45, 2.75) is 25.0 Å². The van der Waals surface area contributed by atoms with Crippen molar-refractivity contribution in [2.24, 2.45) is 0 Å². The van der Waals surface area contributed by atoms with E-state index in [9.17, 15) is 13.6 Å². The van der Waals surface area contributed by atoms with Crippen LogP contribution in [0.1, 0.15) is 34.8 Å². The summed E-state index contributed by atoms with van der Waals surface area (Å²) in [5.74, 6) is -0.634. The lowest BCUT2D eigenvalue weighted by Crippen LogP contribution is -2.45. The van der Waals surface area contributed by atoms with Gasteiger partial charge in [0.1, 0.15) is 29.2 Å². The van der Waals surface area contributed by atoms with Gasteiger partial charge in [-0.1, -0.05) is 0 Å². The first-order valence-electron chi connectivity index (χ1n) is 10.0. The number of amides is 1. The molecule has 2 aliphatic rings. The van der Waals surface area contributed by atoms with E-state index in [1.54, 1.807) is 17.3 Å². The molecule has 1 saturated heterocycles. The smallest absolute Gasteiger partial charge is 0.258 e. The highest BCUT2D eigenvalue weighted by molar-refractivity contribution is 6.00. The summed E-state index contributed by atoms with van der Waals surface area (Å²) >= 11 is 0. The third-order valence-corrected chi connectivity index (χ3v) is 5.59. The Labute approximate surface area is 177 Å². The number of anilines is 1. The van der Waals surface area contributed by atoms with E-state index in [4.69, 9.17) is 0 Å². The Kier molecular flexibility index (Phi) is 4.78. The van der Waals surface area contributed by atoms with Crippen LogP contribution in [0.4, 0.5) is 14.6 Å². The highest BCUT2D eigenvalue weighted by atomic mass is 19.1. The molecule has 1 aromatic carbocycles. The average Bonchev–Trinajstić information content (AvgIpc) is 3.48. The largest absolute Gasteiger partial charge is 0.349 e. The standard InChI is InChI=1S/C21H21F2N7O/c1-28-9-6-18(27-28)25-21(31)15-12-24-30-10-7-19(26-20(15)30)29-8-2-3-17(29)14-11-13(22)4-5-16(14)23/h4-7,9-12,17-18,27H,2-3,8H2,1H3,(H,25,31)/t17-,18?/m1/s1. The SMILES string of the molecule is CN1C=CC(NC(=O)c2cnn3ccc(N4CCC[C@@H]4c4cc(F)ccc4F)nc23)N1. The van der Waals surface area contributed by atoms with Crippen LogP contribution in [-0.4, -0.2) is 45.3 Å². The highest BCUT2D eigenvalue weighted by Crippen LogP contribution is 2.36. The molecule has 0 spiro atoms. The van der Waals surface area contributed by atoms with Crippen LogP contribution in [-0.2, 0) is 0 Å². The number of hydrogen-bond acceptors (Lipinski definition) is 6. The molecule has 160 valence electrons. The lowest BCUT2D eigenvalue weighted by molar-refractivity contribution is 0.0932. The predicted octanol–water partition coefficient (Wildman–Crippen LogP) is 2.37. The second-order valence-electron chi connectivity index (χ2n) is 7.66. The maximum absolute atomic E-state index is 14.4. The Morgan fingerprint density at radius 2 is 2.16 bits per heavy atom. The number of halogens is 2. The maximum Gasteiger partial charge on any atom is 0.258 e. The molecule has 2 aliphatic heterocycles. The van der Waals surface area contributed by atoms with Crippen molar-refractivity contribution in [3.05, 3.63) is 71.7 Å². The van der Waals surface area contributed by atoms with Crippen molar-refractivity contribution in [3.63, 3.8) is 0 Å². The van der Waals surface area contributed by atoms with E-state index in [1.807, 2.05) is 24.2 Å². The Bertz CT molecular complexity index is 1180. The Morgan fingerprint density at radius 1 is 1.29 bits per heavy atom. The van der Waals surface area contributed by atoms with Crippen molar-refractivity contribution >= 4 is 17.4 Å². The molecule has 3 aromatic rings. The first kappa shape index (κ1) is 19.4. The summed E-state index contributed by atoms with van der Waals surface area (Å²) < 4.78 is 29.7. The zero-order chi connectivity index (χ0) is 21.5. The van der Waals surface area contributed by atoms with Crippen LogP contribution in [0.2, 0.25) is 0 Å². The molecule has 1 unspecified atom stereocenters. The van der Waals surface area contributed by atoms with E-state index in [2.05, 4.69) is 20.8 Å². The van der Waals surface area contributed by atoms with Gasteiger partial charge in [0.2, 0.25) is 0 Å². The van der Waals surface area contributed by atoms with Crippen LogP contribution in [0, 0.1) is 11.6 Å². The topological polar surface area (TPSA) is 77.8 Å². The molecule has 2 N–H and O–H groups in total. The molecular formula is C21H21F2N7O. The van der Waals surface area contributed by atoms with Crippen LogP contribution in [0.25, 0.3) is 5.65 Å². The average molecular weight is 425 g/mol. The molecule has 2 aromatic heterocycles. The van der Waals surface area contributed by atoms with Gasteiger partial charge in [0.25, 0.3) is 5.91 Å². The van der Waals surface area contributed by atoms with Gasteiger partial charge in [0.15, 0.2) is 5.65 Å². The van der Waals surface area contributed by atoms with Crippen LogP contribution in [0.3, 0.4) is 0 Å². The van der Waals surface area contributed by atoms with Crippen molar-refractivity contribution in [2.75, 3.05) is 18.5 Å². The van der Waals surface area contributed by atoms with Crippen molar-refractivity contribution in [1.29, 1.82) is 0 Å². The number of nitrogens with one attached hydrogen (secondary N) is 2. The third-order valence-electron chi connectivity index (χ3n) is 5.59. The van der Waals surface area contributed by atoms with Gasteiger partial charge in [-0.25, -0.2) is 23.7 Å². The summed E-state index contributed by atoms with van der Waals surface area (Å²) in [6.07, 6.45) is 8.02. The molecule has 2 atom stereocenters. The minimum atomic E-state index is -0.471. The minimum absolute atomic E-state index is 0.314. The Balaban J connectivity index is 1.45. The van der Waals surface area contributed by atoms with Gasteiger partial charge in [-0.05, 0) is 43.2 Å². The number of rotatable bonds is 4. The second-order valence-corrected chi connectivity index (χ2v) is 7.66. The van der Waals surface area contributed by atoms with Gasteiger partial charge in [-0.3, -0.25) is 4.79 Å². The number of hydrogen-bond donors (Lipinski definition) is 2. The number of nitrogens with zero attached hydrogens (tertiary/aromatic N) is 5. The molecule has 31 heavy (non-hydrogen) atoms. The van der Waals surface area contributed by atoms with Crippen molar-refractivity contribution in [3.8, 4) is 0 Å². The van der Waals surface area contributed by atoms with Gasteiger partial charge in [0.05, 0.1) is 12.2 Å². The summed E-state index contributed by atoms with van der Waals surface area (Å²) in [5.41, 5.74) is 4.10. The lowest BCUT2D eigenvalue weighted by Gasteiger charge is -2.26. The molecule has 0 saturated carbocycles. The normalized spacial score (nSPS) is 20.7. The fourth-order valence-corrected chi connectivity index (χ4v) is 4.13. The molecule has 10 heteroatoms. The summed E-state index contributed by atoms with van der Waals surface area (Å²) in [7, 11) is 1.83. The van der Waals surface area contributed by atoms with E-state index in [0.717, 1.165) is 18.6 Å². The number of aromatic nitrogens is 3. The summed E-state index contributed by atoms with van der Waals surface area (Å²) in [4.78, 5) is 19.4. The minimum Gasteiger partial charge on any atom is -0.349 e. The van der Waals surface area contributed by atoms with Crippen molar-refractivity contribution < 1.29 is 13.6 Å². The fourth-order valence-electron chi connectivity index (χ4n) is 4.13. The van der Waals surface area contributed by atoms with Gasteiger partial charge in [0, 0.05) is 31.6 Å². The quantitative estimate of drug-likeness (QED) is 0.668. The Hall–Kier alpha value is -3.53. The maximum atomic E-state index is 14.4. The molecule has 8 nitrogen and oxygen atoms in total. The molecule has 4 heterocycles. The molecule has 1 amide bonds. The second kappa shape index (κ2) is 7.62. The van der Waals surface area contributed by atoms with Crippen LogP contribution < -0.4 is 15.6 Å². The first-order valence-corrected chi connectivity index (χ1v) is 10.0. The zero-order valence-electron chi connectivity index (χ0n) is 16.8. The Morgan fingerprint density at radius 3 is 2.97 bits per heavy atom. The highest BCUT2D eigenvalue weighted by Gasteiger charge is 2.30.